The van der Waals surface area contributed by atoms with Crippen LogP contribution in [0.2, 0.25) is 0 Å². The predicted octanol–water partition coefficient (Wildman–Crippen LogP) is 0.606. The molecule has 8 heteroatoms. The molecule has 1 aromatic carbocycles. The van der Waals surface area contributed by atoms with Crippen molar-refractivity contribution in [3.63, 3.8) is 0 Å². The van der Waals surface area contributed by atoms with E-state index in [0.717, 1.165) is 4.31 Å². The van der Waals surface area contributed by atoms with Crippen molar-refractivity contribution in [1.29, 1.82) is 0 Å². The van der Waals surface area contributed by atoms with Crippen LogP contribution in [0.4, 0.5) is 5.69 Å². The Bertz CT molecular complexity index is 559. The van der Waals surface area contributed by atoms with Gasteiger partial charge >= 0.3 is 0 Å². The molecule has 112 valence electrons. The molecule has 0 unspecified atom stereocenters. The van der Waals surface area contributed by atoms with Crippen LogP contribution in [0.15, 0.2) is 29.2 Å². The van der Waals surface area contributed by atoms with Gasteiger partial charge in [-0.1, -0.05) is 6.07 Å². The zero-order valence-electron chi connectivity index (χ0n) is 11.5. The highest BCUT2D eigenvalue weighted by molar-refractivity contribution is 7.89. The number of benzene rings is 1. The summed E-state index contributed by atoms with van der Waals surface area (Å²) in [7, 11) is -0.494. The lowest BCUT2D eigenvalue weighted by atomic mass is 10.3. The van der Waals surface area contributed by atoms with Gasteiger partial charge in [0.2, 0.25) is 10.0 Å². The van der Waals surface area contributed by atoms with Gasteiger partial charge in [0.1, 0.15) is 0 Å². The normalized spacial score (nSPS) is 11.4. The fraction of sp³-hybridized carbons (Fsp3) is 0.417. The number of aliphatic hydroxyl groups excluding tert-OH is 1. The smallest absolute Gasteiger partial charge is 0.242 e. The van der Waals surface area contributed by atoms with E-state index in [2.05, 4.69) is 10.6 Å². The monoisotopic (exact) mass is 317 g/mol. The van der Waals surface area contributed by atoms with Crippen LogP contribution >= 0.6 is 12.2 Å². The third-order valence-electron chi connectivity index (χ3n) is 2.49. The zero-order valence-corrected chi connectivity index (χ0v) is 13.1. The average molecular weight is 317 g/mol. The quantitative estimate of drug-likeness (QED) is 0.527. The molecule has 1 rings (SSSR count). The van der Waals surface area contributed by atoms with E-state index in [0.29, 0.717) is 23.8 Å². The van der Waals surface area contributed by atoms with Crippen LogP contribution in [0.3, 0.4) is 0 Å². The van der Waals surface area contributed by atoms with E-state index >= 15 is 0 Å². The van der Waals surface area contributed by atoms with Crippen molar-refractivity contribution >= 4 is 33.0 Å². The maximum Gasteiger partial charge on any atom is 0.242 e. The lowest BCUT2D eigenvalue weighted by molar-refractivity contribution is 0.289. The number of nitrogens with one attached hydrogen (secondary N) is 2. The fourth-order valence-electron chi connectivity index (χ4n) is 1.40. The van der Waals surface area contributed by atoms with Gasteiger partial charge in [-0.05, 0) is 36.8 Å². The highest BCUT2D eigenvalue weighted by Gasteiger charge is 2.17. The minimum absolute atomic E-state index is 0.0895. The molecule has 0 atom stereocenters. The molecule has 0 amide bonds. The Hall–Kier alpha value is -1.22. The third kappa shape index (κ3) is 4.71. The Balaban J connectivity index is 2.77. The van der Waals surface area contributed by atoms with Crippen molar-refractivity contribution in [2.45, 2.75) is 11.3 Å². The molecule has 3 N–H and O–H groups in total. The molecule has 0 saturated carbocycles. The minimum Gasteiger partial charge on any atom is -0.396 e. The summed E-state index contributed by atoms with van der Waals surface area (Å²) in [6, 6.07) is 6.43. The summed E-state index contributed by atoms with van der Waals surface area (Å²) in [6.45, 7) is 0.643. The Kier molecular flexibility index (Phi) is 6.34. The second-order valence-corrected chi connectivity index (χ2v) is 6.83. The molecule has 0 spiro atoms. The summed E-state index contributed by atoms with van der Waals surface area (Å²) in [5, 5.41) is 14.9. The van der Waals surface area contributed by atoms with E-state index in [4.69, 9.17) is 17.3 Å². The summed E-state index contributed by atoms with van der Waals surface area (Å²) in [6.07, 6.45) is 0.594. The van der Waals surface area contributed by atoms with Crippen LogP contribution in [-0.4, -0.2) is 50.2 Å². The van der Waals surface area contributed by atoms with Crippen molar-refractivity contribution in [3.8, 4) is 0 Å². The highest BCUT2D eigenvalue weighted by atomic mass is 32.2. The summed E-state index contributed by atoms with van der Waals surface area (Å²) in [4.78, 5) is 0.200. The average Bonchev–Trinajstić information content (AvgIpc) is 2.39. The van der Waals surface area contributed by atoms with Crippen molar-refractivity contribution in [2.24, 2.45) is 0 Å². The standard InChI is InChI=1S/C12H19N3O3S2/c1-15(2)20(17,18)11-6-3-5-10(9-11)14-12(19)13-7-4-8-16/h3,5-6,9,16H,4,7-8H2,1-2H3,(H2,13,14,19). The summed E-state index contributed by atoms with van der Waals surface area (Å²) in [5.41, 5.74) is 0.592. The van der Waals surface area contributed by atoms with Gasteiger partial charge in [0.25, 0.3) is 0 Å². The van der Waals surface area contributed by atoms with Gasteiger partial charge in [0.05, 0.1) is 4.90 Å². The molecule has 0 aliphatic carbocycles. The molecule has 0 radical (unpaired) electrons. The fourth-order valence-corrected chi connectivity index (χ4v) is 2.57. The number of hydrogen-bond donors (Lipinski definition) is 3. The molecule has 0 bridgehead atoms. The maximum atomic E-state index is 12.0. The van der Waals surface area contributed by atoms with Gasteiger partial charge in [-0.3, -0.25) is 0 Å². The number of aliphatic hydroxyl groups is 1. The molecular weight excluding hydrogens is 298 g/mol. The number of hydrogen-bond acceptors (Lipinski definition) is 4. The number of nitrogens with zero attached hydrogens (tertiary/aromatic N) is 1. The largest absolute Gasteiger partial charge is 0.396 e. The lowest BCUT2D eigenvalue weighted by Gasteiger charge is -2.14. The van der Waals surface area contributed by atoms with Crippen molar-refractivity contribution < 1.29 is 13.5 Å². The van der Waals surface area contributed by atoms with Gasteiger partial charge in [0.15, 0.2) is 5.11 Å². The van der Waals surface area contributed by atoms with Gasteiger partial charge in [-0.2, -0.15) is 0 Å². The van der Waals surface area contributed by atoms with Gasteiger partial charge in [-0.15, -0.1) is 0 Å². The van der Waals surface area contributed by atoms with E-state index < -0.39 is 10.0 Å². The Labute approximate surface area is 124 Å². The van der Waals surface area contributed by atoms with E-state index in [1.165, 1.54) is 26.2 Å². The van der Waals surface area contributed by atoms with Crippen molar-refractivity contribution in [1.82, 2.24) is 9.62 Å². The summed E-state index contributed by atoms with van der Waals surface area (Å²) < 4.78 is 25.2. The molecule has 6 nitrogen and oxygen atoms in total. The molecule has 0 heterocycles. The third-order valence-corrected chi connectivity index (χ3v) is 4.55. The van der Waals surface area contributed by atoms with Gasteiger partial charge in [0, 0.05) is 32.9 Å². The molecule has 0 aromatic heterocycles. The first-order valence-corrected chi connectivity index (χ1v) is 7.91. The lowest BCUT2D eigenvalue weighted by Crippen LogP contribution is -2.29. The second-order valence-electron chi connectivity index (χ2n) is 4.27. The summed E-state index contributed by atoms with van der Waals surface area (Å²) in [5.74, 6) is 0. The first kappa shape index (κ1) is 16.8. The number of thiocarbonyl (C=S) groups is 1. The highest BCUT2D eigenvalue weighted by Crippen LogP contribution is 2.17. The minimum atomic E-state index is -3.46. The van der Waals surface area contributed by atoms with E-state index in [1.807, 2.05) is 0 Å². The van der Waals surface area contributed by atoms with E-state index in [-0.39, 0.29) is 11.5 Å². The van der Waals surface area contributed by atoms with E-state index in [9.17, 15) is 8.42 Å². The topological polar surface area (TPSA) is 81.7 Å². The van der Waals surface area contributed by atoms with Crippen LogP contribution in [-0.2, 0) is 10.0 Å². The number of sulfonamides is 1. The Morgan fingerprint density at radius 1 is 1.40 bits per heavy atom. The van der Waals surface area contributed by atoms with Gasteiger partial charge in [-0.25, -0.2) is 12.7 Å². The van der Waals surface area contributed by atoms with Crippen LogP contribution in [0.5, 0.6) is 0 Å². The van der Waals surface area contributed by atoms with Crippen LogP contribution in [0.1, 0.15) is 6.42 Å². The number of rotatable bonds is 6. The Morgan fingerprint density at radius 2 is 2.10 bits per heavy atom. The molecule has 0 saturated heterocycles. The maximum absolute atomic E-state index is 12.0. The summed E-state index contributed by atoms with van der Waals surface area (Å²) >= 11 is 5.07. The van der Waals surface area contributed by atoms with Crippen molar-refractivity contribution in [2.75, 3.05) is 32.6 Å². The Morgan fingerprint density at radius 3 is 2.70 bits per heavy atom. The first-order valence-electron chi connectivity index (χ1n) is 6.06. The zero-order chi connectivity index (χ0) is 15.2. The van der Waals surface area contributed by atoms with Crippen LogP contribution in [0.25, 0.3) is 0 Å². The molecule has 0 aliphatic heterocycles. The van der Waals surface area contributed by atoms with E-state index in [1.54, 1.807) is 12.1 Å². The first-order chi connectivity index (χ1) is 9.37. The SMILES string of the molecule is CN(C)S(=O)(=O)c1cccc(NC(=S)NCCCO)c1. The van der Waals surface area contributed by atoms with Crippen molar-refractivity contribution in [3.05, 3.63) is 24.3 Å². The van der Waals surface area contributed by atoms with Crippen LogP contribution in [0, 0.1) is 0 Å². The molecule has 20 heavy (non-hydrogen) atoms. The predicted molar refractivity (Wildman–Crippen MR) is 83.2 cm³/mol. The molecule has 0 aliphatic rings. The second kappa shape index (κ2) is 7.53. The van der Waals surface area contributed by atoms with Crippen LogP contribution < -0.4 is 10.6 Å². The molecule has 1 aromatic rings. The van der Waals surface area contributed by atoms with Gasteiger partial charge < -0.3 is 15.7 Å². The molecule has 0 fully saturated rings. The molecular formula is C12H19N3O3S2. The number of anilines is 1.